The fraction of sp³-hybridized carbons (Fsp3) is 0.333. The van der Waals surface area contributed by atoms with E-state index in [1.165, 1.54) is 16.2 Å². The van der Waals surface area contributed by atoms with Gasteiger partial charge in [-0.3, -0.25) is 24.2 Å². The molecule has 7 nitrogen and oxygen atoms in total. The number of carbonyl (C=O) groups excluding carboxylic acids is 3. The average molecular weight is 566 g/mol. The van der Waals surface area contributed by atoms with Crippen LogP contribution in [-0.2, 0) is 9.59 Å². The van der Waals surface area contributed by atoms with Crippen molar-refractivity contribution < 1.29 is 14.4 Å². The van der Waals surface area contributed by atoms with Gasteiger partial charge in [-0.2, -0.15) is 0 Å². The number of benzene rings is 2. The normalized spacial score (nSPS) is 13.6. The highest BCUT2D eigenvalue weighted by molar-refractivity contribution is 9.10. The quantitative estimate of drug-likeness (QED) is 0.354. The third-order valence-corrected chi connectivity index (χ3v) is 7.31. The lowest BCUT2D eigenvalue weighted by Gasteiger charge is -2.25. The number of rotatable bonds is 8. The van der Waals surface area contributed by atoms with Crippen LogP contribution in [-0.4, -0.2) is 53.8 Å². The summed E-state index contributed by atoms with van der Waals surface area (Å²) in [7, 11) is 0. The highest BCUT2D eigenvalue weighted by Gasteiger charge is 2.30. The molecule has 1 aromatic heterocycles. The van der Waals surface area contributed by atoms with E-state index in [1.54, 1.807) is 29.2 Å². The van der Waals surface area contributed by atoms with Crippen LogP contribution in [0.1, 0.15) is 37.0 Å². The van der Waals surface area contributed by atoms with Gasteiger partial charge >= 0.3 is 0 Å². The Labute approximate surface area is 217 Å². The fourth-order valence-corrected chi connectivity index (χ4v) is 5.38. The van der Waals surface area contributed by atoms with E-state index in [9.17, 15) is 14.4 Å². The van der Waals surface area contributed by atoms with Gasteiger partial charge in [0.25, 0.3) is 5.91 Å². The van der Waals surface area contributed by atoms with Crippen molar-refractivity contribution in [1.82, 2.24) is 9.88 Å². The first-order valence-electron chi connectivity index (χ1n) is 11.0. The molecule has 180 valence electrons. The van der Waals surface area contributed by atoms with Crippen molar-refractivity contribution in [2.45, 2.75) is 26.7 Å². The van der Waals surface area contributed by atoms with Gasteiger partial charge in [0.15, 0.2) is 5.13 Å². The first-order chi connectivity index (χ1) is 15.9. The van der Waals surface area contributed by atoms with Crippen LogP contribution in [0.3, 0.4) is 0 Å². The molecule has 0 spiro atoms. The zero-order valence-corrected chi connectivity index (χ0v) is 22.2. The maximum atomic E-state index is 13.6. The van der Waals surface area contributed by atoms with E-state index >= 15 is 0 Å². The molecule has 0 N–H and O–H groups in total. The number of halogens is 2. The molecule has 0 saturated carbocycles. The molecular formula is C24H26BrClN4O3S. The molecule has 34 heavy (non-hydrogen) atoms. The first-order valence-corrected chi connectivity index (χ1v) is 12.6. The summed E-state index contributed by atoms with van der Waals surface area (Å²) < 4.78 is 1.97. The van der Waals surface area contributed by atoms with Gasteiger partial charge < -0.3 is 4.90 Å². The number of amides is 3. The van der Waals surface area contributed by atoms with Crippen LogP contribution in [0.5, 0.6) is 0 Å². The van der Waals surface area contributed by atoms with Crippen LogP contribution >= 0.6 is 39.7 Å². The number of hydrogen-bond acceptors (Lipinski definition) is 6. The number of nitrogens with zero attached hydrogens (tertiary/aromatic N) is 4. The summed E-state index contributed by atoms with van der Waals surface area (Å²) in [5.41, 5.74) is 1.83. The van der Waals surface area contributed by atoms with Crippen molar-refractivity contribution in [2.75, 3.05) is 36.0 Å². The van der Waals surface area contributed by atoms with E-state index in [1.807, 2.05) is 18.2 Å². The lowest BCUT2D eigenvalue weighted by Crippen LogP contribution is -2.39. The molecule has 4 rings (SSSR count). The Balaban J connectivity index is 0.00000324. The maximum Gasteiger partial charge on any atom is 0.260 e. The lowest BCUT2D eigenvalue weighted by molar-refractivity contribution is -0.121. The second-order valence-electron chi connectivity index (χ2n) is 7.76. The zero-order valence-electron chi connectivity index (χ0n) is 19.0. The second kappa shape index (κ2) is 11.4. The Kier molecular flexibility index (Phi) is 8.81. The van der Waals surface area contributed by atoms with Gasteiger partial charge in [-0.25, -0.2) is 4.98 Å². The van der Waals surface area contributed by atoms with Crippen LogP contribution in [0.25, 0.3) is 10.2 Å². The van der Waals surface area contributed by atoms with Gasteiger partial charge in [0.2, 0.25) is 11.8 Å². The Morgan fingerprint density at radius 1 is 1.03 bits per heavy atom. The van der Waals surface area contributed by atoms with E-state index in [2.05, 4.69) is 34.7 Å². The van der Waals surface area contributed by atoms with E-state index in [0.717, 1.165) is 34.3 Å². The minimum atomic E-state index is -0.208. The lowest BCUT2D eigenvalue weighted by atomic mass is 10.1. The van der Waals surface area contributed by atoms with Crippen molar-refractivity contribution >= 4 is 78.4 Å². The largest absolute Gasteiger partial charge is 0.302 e. The van der Waals surface area contributed by atoms with Gasteiger partial charge in [-0.15, -0.1) is 12.4 Å². The number of aromatic nitrogens is 1. The minimum absolute atomic E-state index is 0. The molecule has 0 aliphatic carbocycles. The van der Waals surface area contributed by atoms with Crippen molar-refractivity contribution in [3.05, 3.63) is 52.5 Å². The van der Waals surface area contributed by atoms with Gasteiger partial charge in [0.1, 0.15) is 0 Å². The summed E-state index contributed by atoms with van der Waals surface area (Å²) >= 11 is 4.98. The molecule has 0 unspecified atom stereocenters. The van der Waals surface area contributed by atoms with Crippen molar-refractivity contribution in [3.63, 3.8) is 0 Å². The minimum Gasteiger partial charge on any atom is -0.302 e. The third kappa shape index (κ3) is 5.49. The van der Waals surface area contributed by atoms with Crippen LogP contribution < -0.4 is 9.80 Å². The van der Waals surface area contributed by atoms with Gasteiger partial charge in [0.05, 0.1) is 15.9 Å². The number of hydrogen-bond donors (Lipinski definition) is 0. The van der Waals surface area contributed by atoms with Gasteiger partial charge in [0, 0.05) is 36.0 Å². The van der Waals surface area contributed by atoms with E-state index in [-0.39, 0.29) is 43.0 Å². The molecule has 2 heterocycles. The predicted molar refractivity (Wildman–Crippen MR) is 142 cm³/mol. The second-order valence-corrected chi connectivity index (χ2v) is 9.69. The number of likely N-dealkylation sites (N-methyl/N-ethyl adjacent to an activating group) is 1. The fourth-order valence-electron chi connectivity index (χ4n) is 3.84. The molecule has 1 aliphatic rings. The number of fused-ring (bicyclic) bond motifs is 1. The van der Waals surface area contributed by atoms with Crippen LogP contribution in [0, 0.1) is 0 Å². The summed E-state index contributed by atoms with van der Waals surface area (Å²) in [6, 6.07) is 12.5. The molecule has 2 aromatic carbocycles. The number of anilines is 2. The molecule has 3 aromatic rings. The summed E-state index contributed by atoms with van der Waals surface area (Å²) in [4.78, 5) is 47.5. The SMILES string of the molecule is CCN(CC)CCN(C(=O)c1ccc(N2C(=O)CCC2=O)cc1)c1nc2ccc(Br)cc2s1.Cl. The number of imide groups is 1. The smallest absolute Gasteiger partial charge is 0.260 e. The van der Waals surface area contributed by atoms with Crippen LogP contribution in [0.15, 0.2) is 46.9 Å². The van der Waals surface area contributed by atoms with Crippen molar-refractivity contribution in [1.29, 1.82) is 0 Å². The summed E-state index contributed by atoms with van der Waals surface area (Å²) in [5, 5.41) is 0.647. The number of carbonyl (C=O) groups is 3. The standard InChI is InChI=1S/C24H25BrN4O3S.ClH/c1-3-27(4-2)13-14-28(24-26-19-10-7-17(25)15-20(19)33-24)23(32)16-5-8-18(9-6-16)29-21(30)11-12-22(29)31;/h5-10,15H,3-4,11-14H2,1-2H3;1H. The Bertz CT molecular complexity index is 1180. The van der Waals surface area contributed by atoms with Crippen molar-refractivity contribution in [2.24, 2.45) is 0 Å². The molecule has 0 bridgehead atoms. The highest BCUT2D eigenvalue weighted by atomic mass is 79.9. The monoisotopic (exact) mass is 564 g/mol. The van der Waals surface area contributed by atoms with E-state index < -0.39 is 0 Å². The molecule has 1 fully saturated rings. The Morgan fingerprint density at radius 2 is 1.68 bits per heavy atom. The molecule has 1 aliphatic heterocycles. The predicted octanol–water partition coefficient (Wildman–Crippen LogP) is 5.12. The van der Waals surface area contributed by atoms with Crippen LogP contribution in [0.4, 0.5) is 10.8 Å². The summed E-state index contributed by atoms with van der Waals surface area (Å²) in [6.45, 7) is 7.24. The van der Waals surface area contributed by atoms with Gasteiger partial charge in [-0.1, -0.05) is 41.1 Å². The summed E-state index contributed by atoms with van der Waals surface area (Å²) in [6.07, 6.45) is 0.457. The average Bonchev–Trinajstić information content (AvgIpc) is 3.38. The molecule has 1 saturated heterocycles. The molecule has 0 radical (unpaired) electrons. The van der Waals surface area contributed by atoms with Gasteiger partial charge in [-0.05, 0) is 55.6 Å². The molecule has 10 heteroatoms. The Morgan fingerprint density at radius 3 is 2.29 bits per heavy atom. The third-order valence-electron chi connectivity index (χ3n) is 5.77. The molecule has 0 atom stereocenters. The summed E-state index contributed by atoms with van der Waals surface area (Å²) in [5.74, 6) is -0.577. The first kappa shape index (κ1) is 26.3. The maximum absolute atomic E-state index is 13.6. The van der Waals surface area contributed by atoms with Crippen LogP contribution in [0.2, 0.25) is 0 Å². The zero-order chi connectivity index (χ0) is 23.5. The number of thiazole rings is 1. The molecule has 3 amide bonds. The van der Waals surface area contributed by atoms with E-state index in [4.69, 9.17) is 4.98 Å². The Hall–Kier alpha value is -2.33. The topological polar surface area (TPSA) is 73.8 Å². The highest BCUT2D eigenvalue weighted by Crippen LogP contribution is 2.32. The van der Waals surface area contributed by atoms with Crippen molar-refractivity contribution in [3.8, 4) is 0 Å². The molecular weight excluding hydrogens is 540 g/mol. The van der Waals surface area contributed by atoms with E-state index in [0.29, 0.717) is 22.9 Å².